The fourth-order valence-electron chi connectivity index (χ4n) is 3.00. The van der Waals surface area contributed by atoms with Crippen LogP contribution in [0.5, 0.6) is 11.5 Å². The minimum absolute atomic E-state index is 0.156. The Bertz CT molecular complexity index is 1100. The second-order valence-corrected chi connectivity index (χ2v) is 7.21. The van der Waals surface area contributed by atoms with Gasteiger partial charge in [-0.3, -0.25) is 4.79 Å². The number of para-hydroxylation sites is 1. The molecule has 0 saturated carbocycles. The van der Waals surface area contributed by atoms with Crippen molar-refractivity contribution >= 4 is 33.5 Å². The van der Waals surface area contributed by atoms with Gasteiger partial charge >= 0.3 is 0 Å². The van der Waals surface area contributed by atoms with Crippen LogP contribution in [0.4, 0.5) is 16.4 Å². The van der Waals surface area contributed by atoms with E-state index >= 15 is 0 Å². The van der Waals surface area contributed by atoms with Crippen LogP contribution in [0.2, 0.25) is 0 Å². The summed E-state index contributed by atoms with van der Waals surface area (Å²) in [4.78, 5) is 13.5. The van der Waals surface area contributed by atoms with Crippen molar-refractivity contribution in [1.82, 2.24) is 0 Å². The highest BCUT2D eigenvalue weighted by atomic mass is 32.1. The van der Waals surface area contributed by atoms with Crippen LogP contribution in [0.1, 0.15) is 33.3 Å². The Labute approximate surface area is 173 Å². The smallest absolute Gasteiger partial charge is 0.209 e. The number of nitrogens with one attached hydrogen (secondary N) is 1. The molecule has 3 rings (SSSR count). The molecule has 0 aliphatic rings. The van der Waals surface area contributed by atoms with Crippen molar-refractivity contribution in [3.05, 3.63) is 64.0 Å². The third-order valence-electron chi connectivity index (χ3n) is 4.56. The molecule has 0 aliphatic carbocycles. The molecule has 3 N–H and O–H groups in total. The van der Waals surface area contributed by atoms with Crippen LogP contribution >= 0.6 is 11.3 Å². The molecule has 0 fully saturated rings. The number of nitrogen functional groups attached to an aromatic ring is 1. The molecule has 0 saturated heterocycles. The number of benzene rings is 2. The summed E-state index contributed by atoms with van der Waals surface area (Å²) in [6, 6.07) is 14.9. The van der Waals surface area contributed by atoms with Crippen LogP contribution in [0.3, 0.4) is 0 Å². The number of nitriles is 1. The SMILES string of the molecule is CCc1ccccc1Nc1sc(C(=O)c2cc(OC)ccc2OC)c(N)c1C#N. The van der Waals surface area contributed by atoms with Crippen LogP contribution in [0, 0.1) is 11.3 Å². The van der Waals surface area contributed by atoms with E-state index in [1.807, 2.05) is 24.3 Å². The molecule has 0 amide bonds. The molecule has 0 spiro atoms. The maximum Gasteiger partial charge on any atom is 0.209 e. The fraction of sp³-hybridized carbons (Fsp3) is 0.182. The number of nitrogens with zero attached hydrogens (tertiary/aromatic N) is 1. The van der Waals surface area contributed by atoms with Gasteiger partial charge in [-0.05, 0) is 36.2 Å². The van der Waals surface area contributed by atoms with Gasteiger partial charge in [0.1, 0.15) is 33.0 Å². The van der Waals surface area contributed by atoms with Gasteiger partial charge in [-0.1, -0.05) is 25.1 Å². The maximum atomic E-state index is 13.2. The standard InChI is InChI=1S/C22H21N3O3S/c1-4-13-7-5-6-8-17(13)25-22-16(12-23)19(24)21(29-22)20(26)15-11-14(27-2)9-10-18(15)28-3/h5-11,25H,4,24H2,1-3H3. The first-order valence-electron chi connectivity index (χ1n) is 8.98. The number of carbonyl (C=O) groups is 1. The lowest BCUT2D eigenvalue weighted by atomic mass is 10.1. The maximum absolute atomic E-state index is 13.2. The first-order chi connectivity index (χ1) is 14.0. The van der Waals surface area contributed by atoms with Crippen LogP contribution in [0.15, 0.2) is 42.5 Å². The molecule has 3 aromatic rings. The molecular weight excluding hydrogens is 386 g/mol. The molecule has 2 aromatic carbocycles. The van der Waals surface area contributed by atoms with Gasteiger partial charge in [-0.15, -0.1) is 11.3 Å². The van der Waals surface area contributed by atoms with Crippen molar-refractivity contribution < 1.29 is 14.3 Å². The molecule has 29 heavy (non-hydrogen) atoms. The summed E-state index contributed by atoms with van der Waals surface area (Å²) in [6.45, 7) is 2.05. The molecular formula is C22H21N3O3S. The highest BCUT2D eigenvalue weighted by molar-refractivity contribution is 7.19. The van der Waals surface area contributed by atoms with Crippen LogP contribution < -0.4 is 20.5 Å². The monoisotopic (exact) mass is 407 g/mol. The van der Waals surface area contributed by atoms with Crippen LogP contribution in [-0.4, -0.2) is 20.0 Å². The first kappa shape index (κ1) is 20.2. The van der Waals surface area contributed by atoms with E-state index in [-0.39, 0.29) is 21.9 Å². The number of anilines is 3. The first-order valence-corrected chi connectivity index (χ1v) is 9.79. The second kappa shape index (κ2) is 8.67. The Balaban J connectivity index is 2.06. The molecule has 7 heteroatoms. The van der Waals surface area contributed by atoms with E-state index in [0.29, 0.717) is 22.1 Å². The summed E-state index contributed by atoms with van der Waals surface area (Å²) in [7, 11) is 3.02. The van der Waals surface area contributed by atoms with E-state index in [9.17, 15) is 10.1 Å². The Morgan fingerprint density at radius 2 is 1.97 bits per heavy atom. The summed E-state index contributed by atoms with van der Waals surface area (Å²) < 4.78 is 10.5. The predicted molar refractivity (Wildman–Crippen MR) is 116 cm³/mol. The molecule has 0 atom stereocenters. The largest absolute Gasteiger partial charge is 0.497 e. The van der Waals surface area contributed by atoms with E-state index in [2.05, 4.69) is 18.3 Å². The normalized spacial score (nSPS) is 10.3. The van der Waals surface area contributed by atoms with Gasteiger partial charge in [0.05, 0.1) is 25.5 Å². The minimum atomic E-state index is -0.323. The van der Waals surface area contributed by atoms with Gasteiger partial charge in [-0.2, -0.15) is 5.26 Å². The molecule has 0 unspecified atom stereocenters. The number of carbonyl (C=O) groups excluding carboxylic acids is 1. The van der Waals surface area contributed by atoms with Crippen molar-refractivity contribution in [3.63, 3.8) is 0 Å². The number of rotatable bonds is 7. The summed E-state index contributed by atoms with van der Waals surface area (Å²) in [5.74, 6) is 0.615. The lowest BCUT2D eigenvalue weighted by molar-refractivity contribution is 0.104. The van der Waals surface area contributed by atoms with E-state index in [4.69, 9.17) is 15.2 Å². The van der Waals surface area contributed by atoms with Crippen molar-refractivity contribution in [2.75, 3.05) is 25.3 Å². The van der Waals surface area contributed by atoms with Crippen LogP contribution in [0.25, 0.3) is 0 Å². The van der Waals surface area contributed by atoms with E-state index < -0.39 is 0 Å². The molecule has 1 aromatic heterocycles. The zero-order valence-electron chi connectivity index (χ0n) is 16.4. The van der Waals surface area contributed by atoms with Crippen molar-refractivity contribution in [1.29, 1.82) is 5.26 Å². The summed E-state index contributed by atoms with van der Waals surface area (Å²) in [5.41, 5.74) is 8.91. The lowest BCUT2D eigenvalue weighted by Gasteiger charge is -2.09. The number of ether oxygens (including phenoxy) is 2. The third kappa shape index (κ3) is 3.89. The second-order valence-electron chi connectivity index (χ2n) is 6.19. The summed E-state index contributed by atoms with van der Waals surface area (Å²) in [5, 5.41) is 13.4. The Morgan fingerprint density at radius 1 is 1.21 bits per heavy atom. The Kier molecular flexibility index (Phi) is 6.05. The van der Waals surface area contributed by atoms with Crippen molar-refractivity contribution in [3.8, 4) is 17.6 Å². The Morgan fingerprint density at radius 3 is 2.62 bits per heavy atom. The highest BCUT2D eigenvalue weighted by Gasteiger charge is 2.25. The molecule has 1 heterocycles. The average molecular weight is 407 g/mol. The van der Waals surface area contributed by atoms with Crippen molar-refractivity contribution in [2.24, 2.45) is 0 Å². The molecule has 0 aliphatic heterocycles. The van der Waals surface area contributed by atoms with Gasteiger partial charge in [0.2, 0.25) is 5.78 Å². The lowest BCUT2D eigenvalue weighted by Crippen LogP contribution is -2.05. The molecule has 6 nitrogen and oxygen atoms in total. The highest BCUT2D eigenvalue weighted by Crippen LogP contribution is 2.40. The zero-order chi connectivity index (χ0) is 21.0. The number of methoxy groups -OCH3 is 2. The van der Waals surface area contributed by atoms with Crippen LogP contribution in [-0.2, 0) is 6.42 Å². The van der Waals surface area contributed by atoms with Gasteiger partial charge in [0.15, 0.2) is 0 Å². The molecule has 0 bridgehead atoms. The fourth-order valence-corrected chi connectivity index (χ4v) is 4.04. The number of hydrogen-bond donors (Lipinski definition) is 2. The number of aryl methyl sites for hydroxylation is 1. The summed E-state index contributed by atoms with van der Waals surface area (Å²) >= 11 is 1.16. The third-order valence-corrected chi connectivity index (χ3v) is 5.68. The average Bonchev–Trinajstić information content (AvgIpc) is 3.07. The van der Waals surface area contributed by atoms with Gasteiger partial charge in [0, 0.05) is 5.69 Å². The quantitative estimate of drug-likeness (QED) is 0.548. The molecule has 0 radical (unpaired) electrons. The van der Waals surface area contributed by atoms with E-state index in [1.54, 1.807) is 18.2 Å². The number of ketones is 1. The van der Waals surface area contributed by atoms with E-state index in [0.717, 1.165) is 29.0 Å². The van der Waals surface area contributed by atoms with Crippen molar-refractivity contribution in [2.45, 2.75) is 13.3 Å². The zero-order valence-corrected chi connectivity index (χ0v) is 17.2. The predicted octanol–water partition coefficient (Wildman–Crippen LogP) is 4.76. The molecule has 148 valence electrons. The number of nitrogens with two attached hydrogens (primary N) is 1. The summed E-state index contributed by atoms with van der Waals surface area (Å²) in [6.07, 6.45) is 0.832. The van der Waals surface area contributed by atoms with Gasteiger partial charge < -0.3 is 20.5 Å². The minimum Gasteiger partial charge on any atom is -0.497 e. The van der Waals surface area contributed by atoms with E-state index in [1.165, 1.54) is 14.2 Å². The van der Waals surface area contributed by atoms with Gasteiger partial charge in [-0.25, -0.2) is 0 Å². The number of hydrogen-bond acceptors (Lipinski definition) is 7. The topological polar surface area (TPSA) is 97.4 Å². The Hall–Kier alpha value is -3.50. The van der Waals surface area contributed by atoms with Gasteiger partial charge in [0.25, 0.3) is 0 Å². The number of thiophene rings is 1.